The topological polar surface area (TPSA) is 84.2 Å². The minimum Gasteiger partial charge on any atom is -0.356 e. The molecule has 1 aliphatic rings. The van der Waals surface area contributed by atoms with Gasteiger partial charge in [0, 0.05) is 35.6 Å². The van der Waals surface area contributed by atoms with Gasteiger partial charge in [0.15, 0.2) is 0 Å². The molecule has 0 aliphatic carbocycles. The fourth-order valence-electron chi connectivity index (χ4n) is 4.05. The molecule has 4 aromatic rings. The van der Waals surface area contributed by atoms with Gasteiger partial charge in [0.1, 0.15) is 5.82 Å². The predicted octanol–water partition coefficient (Wildman–Crippen LogP) is 4.70. The molecule has 7 nitrogen and oxygen atoms in total. The van der Waals surface area contributed by atoms with Crippen molar-refractivity contribution in [3.63, 3.8) is 0 Å². The molecular weight excluding hydrogens is 434 g/mol. The second-order valence-electron chi connectivity index (χ2n) is 8.22. The number of carbonyl (C=O) groups is 1. The van der Waals surface area contributed by atoms with Crippen LogP contribution >= 0.6 is 11.3 Å². The highest BCUT2D eigenvalue weighted by Gasteiger charge is 2.27. The van der Waals surface area contributed by atoms with Crippen LogP contribution in [0, 0.1) is 12.8 Å². The summed E-state index contributed by atoms with van der Waals surface area (Å²) in [6.07, 6.45) is 3.34. The Morgan fingerprint density at radius 2 is 1.97 bits per heavy atom. The predicted molar refractivity (Wildman–Crippen MR) is 129 cm³/mol. The molecule has 0 radical (unpaired) electrons. The number of rotatable bonds is 6. The Bertz CT molecular complexity index is 1210. The van der Waals surface area contributed by atoms with Crippen molar-refractivity contribution in [2.75, 3.05) is 18.0 Å². The van der Waals surface area contributed by atoms with Gasteiger partial charge in [0.2, 0.25) is 11.7 Å². The molecule has 1 saturated heterocycles. The van der Waals surface area contributed by atoms with Gasteiger partial charge in [-0.2, -0.15) is 4.98 Å². The summed E-state index contributed by atoms with van der Waals surface area (Å²) < 4.78 is 5.60. The largest absolute Gasteiger partial charge is 0.356 e. The van der Waals surface area contributed by atoms with E-state index < -0.39 is 0 Å². The number of amides is 1. The zero-order valence-electron chi connectivity index (χ0n) is 18.4. The third-order valence-corrected chi connectivity index (χ3v) is 6.81. The van der Waals surface area contributed by atoms with Crippen molar-refractivity contribution in [3.05, 3.63) is 70.5 Å². The van der Waals surface area contributed by atoms with Crippen LogP contribution in [0.4, 0.5) is 5.82 Å². The number of carbonyl (C=O) groups excluding carboxylic acids is 1. The third kappa shape index (κ3) is 4.80. The van der Waals surface area contributed by atoms with Crippen molar-refractivity contribution in [3.8, 4) is 22.8 Å². The Balaban J connectivity index is 1.26. The number of aromatic nitrogens is 3. The molecule has 168 valence electrons. The average Bonchev–Trinajstić information content (AvgIpc) is 3.56. The average molecular weight is 460 g/mol. The molecule has 1 fully saturated rings. The van der Waals surface area contributed by atoms with Gasteiger partial charge in [-0.1, -0.05) is 41.1 Å². The van der Waals surface area contributed by atoms with Crippen molar-refractivity contribution >= 4 is 23.1 Å². The Morgan fingerprint density at radius 3 is 2.73 bits per heavy atom. The number of nitrogens with zero attached hydrogens (tertiary/aromatic N) is 4. The maximum atomic E-state index is 12.6. The fourth-order valence-corrected chi connectivity index (χ4v) is 4.70. The highest BCUT2D eigenvalue weighted by atomic mass is 32.1. The van der Waals surface area contributed by atoms with Gasteiger partial charge in [-0.15, -0.1) is 11.3 Å². The second kappa shape index (κ2) is 9.54. The summed E-state index contributed by atoms with van der Waals surface area (Å²) in [6.45, 7) is 4.14. The third-order valence-electron chi connectivity index (χ3n) is 5.94. The zero-order valence-corrected chi connectivity index (χ0v) is 19.2. The summed E-state index contributed by atoms with van der Waals surface area (Å²) in [6, 6.07) is 15.9. The van der Waals surface area contributed by atoms with Crippen LogP contribution in [-0.2, 0) is 11.3 Å². The lowest BCUT2D eigenvalue weighted by Crippen LogP contribution is -2.40. The van der Waals surface area contributed by atoms with Crippen LogP contribution in [0.15, 0.2) is 64.6 Å². The van der Waals surface area contributed by atoms with E-state index in [2.05, 4.69) is 25.3 Å². The van der Waals surface area contributed by atoms with Gasteiger partial charge in [-0.25, -0.2) is 4.98 Å². The lowest BCUT2D eigenvalue weighted by Gasteiger charge is -2.32. The first-order chi connectivity index (χ1) is 16.2. The van der Waals surface area contributed by atoms with Gasteiger partial charge in [-0.05, 0) is 43.3 Å². The normalized spacial score (nSPS) is 14.4. The molecule has 1 amide bonds. The first-order valence-electron chi connectivity index (χ1n) is 11.1. The van der Waals surface area contributed by atoms with Crippen molar-refractivity contribution in [2.24, 2.45) is 5.92 Å². The van der Waals surface area contributed by atoms with Gasteiger partial charge < -0.3 is 14.7 Å². The highest BCUT2D eigenvalue weighted by molar-refractivity contribution is 7.09. The number of anilines is 1. The molecule has 0 spiro atoms. The smallest absolute Gasteiger partial charge is 0.261 e. The molecule has 1 N–H and O–H groups in total. The van der Waals surface area contributed by atoms with E-state index in [1.165, 1.54) is 10.4 Å². The van der Waals surface area contributed by atoms with Crippen LogP contribution in [0.2, 0.25) is 0 Å². The molecule has 0 saturated carbocycles. The maximum Gasteiger partial charge on any atom is 0.261 e. The molecule has 1 aliphatic heterocycles. The summed E-state index contributed by atoms with van der Waals surface area (Å²) in [4.78, 5) is 25.2. The van der Waals surface area contributed by atoms with E-state index in [0.717, 1.165) is 42.9 Å². The molecule has 5 rings (SSSR count). The molecular formula is C25H25N5O2S. The molecule has 4 heterocycles. The standard InChI is InChI=1S/C25H25N5O2S/c1-17-6-8-18(9-7-17)22-28-25(32-29-22)21-5-2-12-26-23(21)30-13-10-19(11-14-30)24(31)27-16-20-4-3-15-33-20/h2-9,12,15,19H,10-11,13-14,16H2,1H3,(H,27,31). The molecule has 1 aromatic carbocycles. The number of aryl methyl sites for hydroxylation is 1. The Hall–Kier alpha value is -3.52. The molecule has 0 unspecified atom stereocenters. The number of hydrogen-bond acceptors (Lipinski definition) is 7. The zero-order chi connectivity index (χ0) is 22.6. The highest BCUT2D eigenvalue weighted by Crippen LogP contribution is 2.32. The van der Waals surface area contributed by atoms with E-state index in [1.54, 1.807) is 17.5 Å². The lowest BCUT2D eigenvalue weighted by molar-refractivity contribution is -0.125. The Labute approximate surface area is 196 Å². The van der Waals surface area contributed by atoms with E-state index in [0.29, 0.717) is 18.3 Å². The van der Waals surface area contributed by atoms with E-state index in [1.807, 2.05) is 60.8 Å². The van der Waals surface area contributed by atoms with E-state index >= 15 is 0 Å². The minimum absolute atomic E-state index is 0.0184. The first kappa shape index (κ1) is 21.3. The number of piperidine rings is 1. The van der Waals surface area contributed by atoms with E-state index in [9.17, 15) is 4.79 Å². The number of benzene rings is 1. The molecule has 8 heteroatoms. The lowest BCUT2D eigenvalue weighted by atomic mass is 9.95. The number of pyridine rings is 1. The summed E-state index contributed by atoms with van der Waals surface area (Å²) in [5.74, 6) is 1.97. The summed E-state index contributed by atoms with van der Waals surface area (Å²) >= 11 is 1.66. The number of thiophene rings is 1. The summed E-state index contributed by atoms with van der Waals surface area (Å²) in [7, 11) is 0. The van der Waals surface area contributed by atoms with Crippen LogP contribution in [0.25, 0.3) is 22.8 Å². The van der Waals surface area contributed by atoms with Crippen molar-refractivity contribution < 1.29 is 9.32 Å². The van der Waals surface area contributed by atoms with Gasteiger partial charge in [0.05, 0.1) is 12.1 Å². The molecule has 0 atom stereocenters. The van der Waals surface area contributed by atoms with Crippen LogP contribution in [0.5, 0.6) is 0 Å². The maximum absolute atomic E-state index is 12.6. The van der Waals surface area contributed by atoms with Crippen LogP contribution < -0.4 is 10.2 Å². The van der Waals surface area contributed by atoms with E-state index in [-0.39, 0.29) is 11.8 Å². The van der Waals surface area contributed by atoms with Gasteiger partial charge in [-0.3, -0.25) is 4.79 Å². The fraction of sp³-hybridized carbons (Fsp3) is 0.280. The molecule has 33 heavy (non-hydrogen) atoms. The monoisotopic (exact) mass is 459 g/mol. The van der Waals surface area contributed by atoms with Crippen LogP contribution in [0.1, 0.15) is 23.3 Å². The Morgan fingerprint density at radius 1 is 1.15 bits per heavy atom. The first-order valence-corrected chi connectivity index (χ1v) is 12.0. The summed E-state index contributed by atoms with van der Waals surface area (Å²) in [5.41, 5.74) is 2.90. The number of nitrogens with one attached hydrogen (secondary N) is 1. The molecule has 0 bridgehead atoms. The second-order valence-corrected chi connectivity index (χ2v) is 9.25. The van der Waals surface area contributed by atoms with Crippen LogP contribution in [0.3, 0.4) is 0 Å². The Kier molecular flexibility index (Phi) is 6.17. The molecule has 3 aromatic heterocycles. The minimum atomic E-state index is 0.0184. The van der Waals surface area contributed by atoms with Crippen molar-refractivity contribution in [1.82, 2.24) is 20.4 Å². The van der Waals surface area contributed by atoms with Crippen molar-refractivity contribution in [1.29, 1.82) is 0 Å². The van der Waals surface area contributed by atoms with Gasteiger partial charge in [0.25, 0.3) is 5.89 Å². The summed E-state index contributed by atoms with van der Waals surface area (Å²) in [5, 5.41) is 9.27. The van der Waals surface area contributed by atoms with Gasteiger partial charge >= 0.3 is 0 Å². The van der Waals surface area contributed by atoms with E-state index in [4.69, 9.17) is 4.52 Å². The SMILES string of the molecule is Cc1ccc(-c2noc(-c3cccnc3N3CCC(C(=O)NCc4cccs4)CC3)n2)cc1. The number of hydrogen-bond donors (Lipinski definition) is 1. The van der Waals surface area contributed by atoms with Crippen molar-refractivity contribution in [2.45, 2.75) is 26.3 Å². The quantitative estimate of drug-likeness (QED) is 0.450. The van der Waals surface area contributed by atoms with Crippen LogP contribution in [-0.4, -0.2) is 34.1 Å².